The van der Waals surface area contributed by atoms with Crippen molar-refractivity contribution in [1.82, 2.24) is 10.9 Å². The Balaban J connectivity index is 1.82. The van der Waals surface area contributed by atoms with Crippen molar-refractivity contribution >= 4 is 56.5 Å². The molecule has 0 spiro atoms. The second-order valence-electron chi connectivity index (χ2n) is 3.40. The van der Waals surface area contributed by atoms with Gasteiger partial charge in [-0.3, -0.25) is 20.4 Å². The van der Waals surface area contributed by atoms with Gasteiger partial charge >= 0.3 is 0 Å². The summed E-state index contributed by atoms with van der Waals surface area (Å²) >= 11 is 6.10. The number of rotatable bonds is 3. The number of carbonyl (C=O) groups excluding carboxylic acids is 2. The Hall–Kier alpha value is -1.44. The largest absolute Gasteiger partial charge is 0.279 e. The average molecular weight is 357 g/mol. The average Bonchev–Trinajstić information content (AvgIpc) is 3.04. The molecule has 2 N–H and O–H groups in total. The smallest absolute Gasteiger partial charge is 0.268 e. The molecule has 0 saturated carbocycles. The summed E-state index contributed by atoms with van der Waals surface area (Å²) in [4.78, 5) is 24.6. The molecular formula is C12H9BrN2O2S2. The summed E-state index contributed by atoms with van der Waals surface area (Å²) in [7, 11) is 0. The Morgan fingerprint density at radius 1 is 1.21 bits per heavy atom. The van der Waals surface area contributed by atoms with Gasteiger partial charge in [0.05, 0.1) is 8.66 Å². The fraction of sp³-hybridized carbons (Fsp3) is 0. The normalized spacial score (nSPS) is 10.6. The molecule has 98 valence electrons. The Labute approximate surface area is 126 Å². The zero-order chi connectivity index (χ0) is 13.7. The molecule has 0 bridgehead atoms. The third kappa shape index (κ3) is 4.30. The molecule has 2 heterocycles. The van der Waals surface area contributed by atoms with Crippen molar-refractivity contribution in [2.45, 2.75) is 0 Å². The molecule has 0 atom stereocenters. The SMILES string of the molecule is O=C(/C=C/c1cccs1)NNC(=O)c1ccc(Br)s1. The molecule has 0 aliphatic rings. The van der Waals surface area contributed by atoms with Crippen LogP contribution in [0.25, 0.3) is 6.08 Å². The van der Waals surface area contributed by atoms with Crippen LogP contribution in [0.2, 0.25) is 0 Å². The first kappa shape index (κ1) is 14.0. The standard InChI is InChI=1S/C12H9BrN2O2S2/c13-10-5-4-9(19-10)12(17)15-14-11(16)6-3-8-2-1-7-18-8/h1-7H,(H,14,16)(H,15,17)/b6-3+. The third-order valence-corrected chi connectivity index (χ3v) is 4.50. The lowest BCUT2D eigenvalue weighted by Crippen LogP contribution is -2.40. The van der Waals surface area contributed by atoms with Crippen LogP contribution in [-0.2, 0) is 4.79 Å². The number of carbonyl (C=O) groups is 2. The Bertz CT molecular complexity index is 605. The maximum atomic E-state index is 11.6. The van der Waals surface area contributed by atoms with E-state index in [9.17, 15) is 9.59 Å². The van der Waals surface area contributed by atoms with Gasteiger partial charge in [-0.05, 0) is 45.6 Å². The van der Waals surface area contributed by atoms with Gasteiger partial charge in [0.15, 0.2) is 0 Å². The van der Waals surface area contributed by atoms with E-state index in [4.69, 9.17) is 0 Å². The first-order valence-electron chi connectivity index (χ1n) is 5.22. The molecule has 0 radical (unpaired) electrons. The highest BCUT2D eigenvalue weighted by atomic mass is 79.9. The molecule has 2 rings (SSSR count). The quantitative estimate of drug-likeness (QED) is 0.655. The maximum Gasteiger partial charge on any atom is 0.279 e. The van der Waals surface area contributed by atoms with Gasteiger partial charge in [0.2, 0.25) is 0 Å². The molecule has 7 heteroatoms. The fourth-order valence-corrected chi connectivity index (χ4v) is 3.10. The topological polar surface area (TPSA) is 58.2 Å². The number of amides is 2. The van der Waals surface area contributed by atoms with Crippen LogP contribution in [0.1, 0.15) is 14.5 Å². The van der Waals surface area contributed by atoms with Crippen LogP contribution < -0.4 is 10.9 Å². The minimum Gasteiger partial charge on any atom is -0.268 e. The summed E-state index contributed by atoms with van der Waals surface area (Å²) < 4.78 is 0.863. The van der Waals surface area contributed by atoms with Crippen LogP contribution in [0, 0.1) is 0 Å². The summed E-state index contributed by atoms with van der Waals surface area (Å²) in [5, 5.41) is 1.92. The molecule has 0 aliphatic carbocycles. The predicted octanol–water partition coefficient (Wildman–Crippen LogP) is 3.05. The van der Waals surface area contributed by atoms with Crippen LogP contribution in [-0.4, -0.2) is 11.8 Å². The van der Waals surface area contributed by atoms with Crippen LogP contribution in [0.15, 0.2) is 39.5 Å². The number of halogens is 1. The van der Waals surface area contributed by atoms with Gasteiger partial charge in [0.1, 0.15) is 0 Å². The van der Waals surface area contributed by atoms with E-state index < -0.39 is 0 Å². The van der Waals surface area contributed by atoms with E-state index in [0.717, 1.165) is 8.66 Å². The fourth-order valence-electron chi connectivity index (χ4n) is 1.20. The number of hydrazine groups is 1. The molecule has 0 aromatic carbocycles. The number of thiophene rings is 2. The third-order valence-electron chi connectivity index (χ3n) is 2.04. The summed E-state index contributed by atoms with van der Waals surface area (Å²) in [6.45, 7) is 0. The molecule has 19 heavy (non-hydrogen) atoms. The van der Waals surface area contributed by atoms with Crippen molar-refractivity contribution in [1.29, 1.82) is 0 Å². The second-order valence-corrected chi connectivity index (χ2v) is 6.84. The highest BCUT2D eigenvalue weighted by molar-refractivity contribution is 9.11. The highest BCUT2D eigenvalue weighted by Crippen LogP contribution is 2.21. The van der Waals surface area contributed by atoms with Crippen molar-refractivity contribution in [3.63, 3.8) is 0 Å². The van der Waals surface area contributed by atoms with E-state index >= 15 is 0 Å². The number of nitrogens with one attached hydrogen (secondary N) is 2. The maximum absolute atomic E-state index is 11.6. The van der Waals surface area contributed by atoms with Gasteiger partial charge in [-0.1, -0.05) is 6.07 Å². The molecule has 0 saturated heterocycles. The van der Waals surface area contributed by atoms with Gasteiger partial charge in [0.25, 0.3) is 11.8 Å². The minimum absolute atomic E-state index is 0.339. The first-order valence-corrected chi connectivity index (χ1v) is 7.71. The van der Waals surface area contributed by atoms with E-state index in [2.05, 4.69) is 26.8 Å². The van der Waals surface area contributed by atoms with Crippen molar-refractivity contribution in [3.8, 4) is 0 Å². The molecule has 0 fully saturated rings. The zero-order valence-corrected chi connectivity index (χ0v) is 12.8. The predicted molar refractivity (Wildman–Crippen MR) is 81.0 cm³/mol. The van der Waals surface area contributed by atoms with Gasteiger partial charge in [-0.15, -0.1) is 22.7 Å². The van der Waals surface area contributed by atoms with Gasteiger partial charge < -0.3 is 0 Å². The van der Waals surface area contributed by atoms with E-state index in [1.165, 1.54) is 28.7 Å². The monoisotopic (exact) mass is 356 g/mol. The Morgan fingerprint density at radius 3 is 2.68 bits per heavy atom. The zero-order valence-electron chi connectivity index (χ0n) is 9.55. The van der Waals surface area contributed by atoms with E-state index in [0.29, 0.717) is 4.88 Å². The Kier molecular flexibility index (Phi) is 4.89. The number of hydrogen-bond acceptors (Lipinski definition) is 4. The Morgan fingerprint density at radius 2 is 2.05 bits per heavy atom. The molecule has 0 aliphatic heterocycles. The summed E-state index contributed by atoms with van der Waals surface area (Å²) in [5.74, 6) is -0.717. The van der Waals surface area contributed by atoms with Crippen molar-refractivity contribution in [3.05, 3.63) is 49.3 Å². The van der Waals surface area contributed by atoms with Crippen LogP contribution in [0.5, 0.6) is 0 Å². The molecule has 0 unspecified atom stereocenters. The second kappa shape index (κ2) is 6.65. The van der Waals surface area contributed by atoms with E-state index in [-0.39, 0.29) is 11.8 Å². The van der Waals surface area contributed by atoms with Crippen LogP contribution in [0.4, 0.5) is 0 Å². The van der Waals surface area contributed by atoms with Gasteiger partial charge in [0, 0.05) is 11.0 Å². The van der Waals surface area contributed by atoms with E-state index in [1.54, 1.807) is 18.2 Å². The van der Waals surface area contributed by atoms with Crippen molar-refractivity contribution < 1.29 is 9.59 Å². The van der Waals surface area contributed by atoms with Crippen LogP contribution in [0.3, 0.4) is 0 Å². The molecule has 2 aromatic rings. The summed E-state index contributed by atoms with van der Waals surface area (Å²) in [6.07, 6.45) is 3.06. The van der Waals surface area contributed by atoms with Crippen LogP contribution >= 0.6 is 38.6 Å². The molecule has 2 aromatic heterocycles. The van der Waals surface area contributed by atoms with Crippen molar-refractivity contribution in [2.75, 3.05) is 0 Å². The van der Waals surface area contributed by atoms with Gasteiger partial charge in [-0.25, -0.2) is 0 Å². The summed E-state index contributed by atoms with van der Waals surface area (Å²) in [5.41, 5.74) is 4.67. The first-order chi connectivity index (χ1) is 9.15. The lowest BCUT2D eigenvalue weighted by atomic mass is 10.4. The number of hydrogen-bond donors (Lipinski definition) is 2. The highest BCUT2D eigenvalue weighted by Gasteiger charge is 2.08. The minimum atomic E-state index is -0.377. The molecular weight excluding hydrogens is 348 g/mol. The molecule has 4 nitrogen and oxygen atoms in total. The van der Waals surface area contributed by atoms with Gasteiger partial charge in [-0.2, -0.15) is 0 Å². The molecule has 2 amide bonds. The summed E-state index contributed by atoms with van der Waals surface area (Å²) in [6, 6.07) is 7.25. The van der Waals surface area contributed by atoms with Crippen molar-refractivity contribution in [2.24, 2.45) is 0 Å². The van der Waals surface area contributed by atoms with E-state index in [1.807, 2.05) is 17.5 Å². The lowest BCUT2D eigenvalue weighted by molar-refractivity contribution is -0.117. The lowest BCUT2D eigenvalue weighted by Gasteiger charge is -2.02.